The van der Waals surface area contributed by atoms with Crippen LogP contribution in [0.3, 0.4) is 0 Å². The Balaban J connectivity index is 2.05. The van der Waals surface area contributed by atoms with E-state index in [4.69, 9.17) is 5.73 Å². The molecule has 2 N–H and O–H groups in total. The lowest BCUT2D eigenvalue weighted by atomic mass is 9.76. The van der Waals surface area contributed by atoms with Gasteiger partial charge in [0.15, 0.2) is 0 Å². The molecule has 2 heteroatoms. The molecule has 1 aromatic carbocycles. The Kier molecular flexibility index (Phi) is 4.85. The second-order valence-corrected chi connectivity index (χ2v) is 6.59. The molecule has 1 aromatic rings. The number of hydrogen-bond acceptors (Lipinski definition) is 1. The van der Waals surface area contributed by atoms with Crippen LogP contribution < -0.4 is 5.73 Å². The molecule has 0 amide bonds. The Morgan fingerprint density at radius 3 is 2.50 bits per heavy atom. The molecule has 0 radical (unpaired) electrons. The van der Waals surface area contributed by atoms with E-state index in [1.165, 1.54) is 47.7 Å². The number of nitrogens with two attached hydrogens (primary N) is 1. The highest BCUT2D eigenvalue weighted by Crippen LogP contribution is 2.38. The maximum Gasteiger partial charge on any atom is 0.0334 e. The molecular weight excluding hydrogens is 286 g/mol. The first-order valence-corrected chi connectivity index (χ1v) is 7.92. The van der Waals surface area contributed by atoms with Crippen molar-refractivity contribution in [2.75, 3.05) is 0 Å². The lowest BCUT2D eigenvalue weighted by Gasteiger charge is -2.32. The van der Waals surface area contributed by atoms with Crippen molar-refractivity contribution in [1.29, 1.82) is 0 Å². The average Bonchev–Trinajstić information content (AvgIpc) is 2.38. The minimum absolute atomic E-state index is 0.192. The highest BCUT2D eigenvalue weighted by atomic mass is 79.9. The fourth-order valence-corrected chi connectivity index (χ4v) is 3.87. The minimum Gasteiger partial charge on any atom is -0.324 e. The fraction of sp³-hybridized carbons (Fsp3) is 0.625. The Bertz CT molecular complexity index is 394. The summed E-state index contributed by atoms with van der Waals surface area (Å²) in [5.74, 6) is 1.60. The van der Waals surface area contributed by atoms with Crippen LogP contribution >= 0.6 is 15.9 Å². The van der Waals surface area contributed by atoms with Crippen LogP contribution in [0.5, 0.6) is 0 Å². The van der Waals surface area contributed by atoms with Crippen molar-refractivity contribution in [3.8, 4) is 0 Å². The predicted molar refractivity (Wildman–Crippen MR) is 81.5 cm³/mol. The van der Waals surface area contributed by atoms with E-state index in [1.54, 1.807) is 0 Å². The molecule has 1 aliphatic carbocycles. The van der Waals surface area contributed by atoms with Gasteiger partial charge in [-0.15, -0.1) is 0 Å². The quantitative estimate of drug-likeness (QED) is 0.837. The van der Waals surface area contributed by atoms with E-state index in [0.717, 1.165) is 5.92 Å². The zero-order valence-corrected chi connectivity index (χ0v) is 13.0. The molecule has 2 rings (SSSR count). The van der Waals surface area contributed by atoms with Crippen molar-refractivity contribution >= 4 is 15.9 Å². The zero-order chi connectivity index (χ0) is 13.1. The largest absolute Gasteiger partial charge is 0.324 e. The monoisotopic (exact) mass is 309 g/mol. The number of benzene rings is 1. The molecule has 1 fully saturated rings. The standard InChI is InChI=1S/C16H24BrN/c1-3-12-5-7-13(8-6-12)16(18)14-9-4-11(2)10-15(14)17/h4,9-10,12-13,16H,3,5-8,18H2,1-2H3. The van der Waals surface area contributed by atoms with Crippen LogP contribution in [0.2, 0.25) is 0 Å². The zero-order valence-electron chi connectivity index (χ0n) is 11.5. The SMILES string of the molecule is CCC1CCC(C(N)c2ccc(C)cc2Br)CC1. The first kappa shape index (κ1) is 14.1. The maximum atomic E-state index is 6.48. The summed E-state index contributed by atoms with van der Waals surface area (Å²) in [5.41, 5.74) is 9.04. The molecule has 1 nitrogen and oxygen atoms in total. The third kappa shape index (κ3) is 3.16. The second kappa shape index (κ2) is 6.21. The van der Waals surface area contributed by atoms with E-state index in [-0.39, 0.29) is 6.04 Å². The topological polar surface area (TPSA) is 26.0 Å². The summed E-state index contributed by atoms with van der Waals surface area (Å²) in [6.07, 6.45) is 6.63. The van der Waals surface area contributed by atoms with Crippen LogP contribution in [0.1, 0.15) is 56.2 Å². The fourth-order valence-electron chi connectivity index (χ4n) is 3.11. The first-order chi connectivity index (χ1) is 8.61. The summed E-state index contributed by atoms with van der Waals surface area (Å²) in [5, 5.41) is 0. The third-order valence-electron chi connectivity index (χ3n) is 4.49. The molecule has 18 heavy (non-hydrogen) atoms. The predicted octanol–water partition coefficient (Wildman–Crippen LogP) is 4.97. The smallest absolute Gasteiger partial charge is 0.0334 e. The molecule has 1 aliphatic rings. The summed E-state index contributed by atoms with van der Waals surface area (Å²) >= 11 is 3.66. The first-order valence-electron chi connectivity index (χ1n) is 7.13. The molecule has 0 heterocycles. The van der Waals surface area contributed by atoms with E-state index in [1.807, 2.05) is 0 Å². The van der Waals surface area contributed by atoms with E-state index in [2.05, 4.69) is 48.0 Å². The van der Waals surface area contributed by atoms with Gasteiger partial charge in [-0.1, -0.05) is 54.2 Å². The summed E-state index contributed by atoms with van der Waals surface area (Å²) in [4.78, 5) is 0. The number of halogens is 1. The van der Waals surface area contributed by atoms with Crippen LogP contribution in [0.4, 0.5) is 0 Å². The summed E-state index contributed by atoms with van der Waals surface area (Å²) < 4.78 is 1.17. The van der Waals surface area contributed by atoms with Gasteiger partial charge in [0.25, 0.3) is 0 Å². The minimum atomic E-state index is 0.192. The maximum absolute atomic E-state index is 6.48. The number of aryl methyl sites for hydroxylation is 1. The molecule has 0 saturated heterocycles. The van der Waals surface area contributed by atoms with Crippen molar-refractivity contribution in [3.05, 3.63) is 33.8 Å². The van der Waals surface area contributed by atoms with E-state index in [0.29, 0.717) is 5.92 Å². The van der Waals surface area contributed by atoms with Gasteiger partial charge in [-0.25, -0.2) is 0 Å². The molecule has 1 saturated carbocycles. The van der Waals surface area contributed by atoms with E-state index < -0.39 is 0 Å². The van der Waals surface area contributed by atoms with Gasteiger partial charge in [-0.05, 0) is 48.8 Å². The van der Waals surface area contributed by atoms with Crippen LogP contribution in [0, 0.1) is 18.8 Å². The summed E-state index contributed by atoms with van der Waals surface area (Å²) in [6.45, 7) is 4.42. The number of rotatable bonds is 3. The molecule has 0 aliphatic heterocycles. The lowest BCUT2D eigenvalue weighted by Crippen LogP contribution is -2.26. The Morgan fingerprint density at radius 2 is 1.94 bits per heavy atom. The van der Waals surface area contributed by atoms with Crippen LogP contribution in [-0.2, 0) is 0 Å². The normalized spacial score (nSPS) is 26.0. The van der Waals surface area contributed by atoms with Gasteiger partial charge in [0.05, 0.1) is 0 Å². The molecule has 0 aromatic heterocycles. The van der Waals surface area contributed by atoms with Gasteiger partial charge < -0.3 is 5.73 Å². The number of hydrogen-bond donors (Lipinski definition) is 1. The highest BCUT2D eigenvalue weighted by Gasteiger charge is 2.26. The molecule has 0 bridgehead atoms. The van der Waals surface area contributed by atoms with Gasteiger partial charge in [0.2, 0.25) is 0 Å². The molecule has 100 valence electrons. The summed E-state index contributed by atoms with van der Waals surface area (Å²) in [7, 11) is 0. The van der Waals surface area contributed by atoms with Crippen molar-refractivity contribution in [1.82, 2.24) is 0 Å². The molecule has 0 spiro atoms. The van der Waals surface area contributed by atoms with Crippen LogP contribution in [-0.4, -0.2) is 0 Å². The highest BCUT2D eigenvalue weighted by molar-refractivity contribution is 9.10. The second-order valence-electron chi connectivity index (χ2n) is 5.74. The van der Waals surface area contributed by atoms with Gasteiger partial charge in [-0.3, -0.25) is 0 Å². The van der Waals surface area contributed by atoms with Gasteiger partial charge in [-0.2, -0.15) is 0 Å². The lowest BCUT2D eigenvalue weighted by molar-refractivity contribution is 0.239. The van der Waals surface area contributed by atoms with Crippen LogP contribution in [0.15, 0.2) is 22.7 Å². The Morgan fingerprint density at radius 1 is 1.28 bits per heavy atom. The van der Waals surface area contributed by atoms with Crippen LogP contribution in [0.25, 0.3) is 0 Å². The van der Waals surface area contributed by atoms with Gasteiger partial charge in [0, 0.05) is 10.5 Å². The van der Waals surface area contributed by atoms with Crippen molar-refractivity contribution in [3.63, 3.8) is 0 Å². The van der Waals surface area contributed by atoms with E-state index >= 15 is 0 Å². The van der Waals surface area contributed by atoms with Crippen molar-refractivity contribution in [2.24, 2.45) is 17.6 Å². The van der Waals surface area contributed by atoms with Gasteiger partial charge >= 0.3 is 0 Å². The van der Waals surface area contributed by atoms with E-state index in [9.17, 15) is 0 Å². The average molecular weight is 310 g/mol. The Hall–Kier alpha value is -0.340. The van der Waals surface area contributed by atoms with Crippen molar-refractivity contribution in [2.45, 2.75) is 52.0 Å². The molecular formula is C16H24BrN. The summed E-state index contributed by atoms with van der Waals surface area (Å²) in [6, 6.07) is 6.72. The third-order valence-corrected chi connectivity index (χ3v) is 5.18. The molecule has 1 atom stereocenters. The van der Waals surface area contributed by atoms with Crippen molar-refractivity contribution < 1.29 is 0 Å². The molecule has 1 unspecified atom stereocenters. The Labute approximate surface area is 119 Å². The van der Waals surface area contributed by atoms with Gasteiger partial charge in [0.1, 0.15) is 0 Å².